The summed E-state index contributed by atoms with van der Waals surface area (Å²) in [5.74, 6) is -0.213. The molecule has 28 heavy (non-hydrogen) atoms. The average Bonchev–Trinajstić information content (AvgIpc) is 3.06. The van der Waals surface area contributed by atoms with E-state index in [1.54, 1.807) is 12.1 Å². The van der Waals surface area contributed by atoms with Gasteiger partial charge in [0, 0.05) is 28.2 Å². The third-order valence-corrected chi connectivity index (χ3v) is 4.90. The van der Waals surface area contributed by atoms with Gasteiger partial charge in [0.05, 0.1) is 18.2 Å². The molecular formula is C25H19FN2. The van der Waals surface area contributed by atoms with Crippen molar-refractivity contribution in [2.75, 3.05) is 0 Å². The van der Waals surface area contributed by atoms with Gasteiger partial charge >= 0.3 is 0 Å². The molecule has 0 aliphatic heterocycles. The highest BCUT2D eigenvalue weighted by atomic mass is 19.1. The molecular weight excluding hydrogens is 347 g/mol. The summed E-state index contributed by atoms with van der Waals surface area (Å²) >= 11 is 0. The maximum atomic E-state index is 14.1. The number of hydrogen-bond donors (Lipinski definition) is 0. The van der Waals surface area contributed by atoms with Gasteiger partial charge in [-0.25, -0.2) is 4.39 Å². The van der Waals surface area contributed by atoms with Gasteiger partial charge in [-0.15, -0.1) is 0 Å². The van der Waals surface area contributed by atoms with Crippen LogP contribution in [-0.4, -0.2) is 4.57 Å². The second-order valence-corrected chi connectivity index (χ2v) is 6.86. The number of benzene rings is 3. The molecule has 0 spiro atoms. The third-order valence-electron chi connectivity index (χ3n) is 4.90. The van der Waals surface area contributed by atoms with Crippen molar-refractivity contribution in [1.29, 1.82) is 5.26 Å². The first kappa shape index (κ1) is 17.8. The summed E-state index contributed by atoms with van der Waals surface area (Å²) in [6.07, 6.45) is 3.90. The van der Waals surface area contributed by atoms with Crippen LogP contribution in [0, 0.1) is 24.1 Å². The molecule has 2 nitrogen and oxygen atoms in total. The standard InChI is InChI=1S/C25H19FN2/c1-18-10-12-19(13-11-18)21(15-27)14-22-17-28(25-9-5-3-7-23(22)25)16-20-6-2-4-8-24(20)26/h2-14,17H,16H2,1H3/b21-14+. The second-order valence-electron chi connectivity index (χ2n) is 6.86. The lowest BCUT2D eigenvalue weighted by Crippen LogP contribution is -2.00. The van der Waals surface area contributed by atoms with Gasteiger partial charge in [-0.1, -0.05) is 66.2 Å². The number of nitriles is 1. The summed E-state index contributed by atoms with van der Waals surface area (Å²) in [7, 11) is 0. The van der Waals surface area contributed by atoms with Crippen LogP contribution in [0.3, 0.4) is 0 Å². The van der Waals surface area contributed by atoms with E-state index >= 15 is 0 Å². The van der Waals surface area contributed by atoms with E-state index in [0.717, 1.165) is 27.6 Å². The fourth-order valence-electron chi connectivity index (χ4n) is 3.40. The number of allylic oxidation sites excluding steroid dienone is 1. The Balaban J connectivity index is 1.81. The Hall–Kier alpha value is -3.64. The molecule has 3 heteroatoms. The minimum absolute atomic E-state index is 0.213. The molecule has 0 unspecified atom stereocenters. The Labute approximate surface area is 163 Å². The average molecular weight is 366 g/mol. The molecule has 0 aliphatic carbocycles. The van der Waals surface area contributed by atoms with Gasteiger partial charge in [0.2, 0.25) is 0 Å². The molecule has 1 heterocycles. The highest BCUT2D eigenvalue weighted by molar-refractivity contribution is 5.98. The van der Waals surface area contributed by atoms with E-state index in [-0.39, 0.29) is 5.82 Å². The summed E-state index contributed by atoms with van der Waals surface area (Å²) < 4.78 is 16.2. The summed E-state index contributed by atoms with van der Waals surface area (Å²) in [4.78, 5) is 0. The number of hydrogen-bond acceptors (Lipinski definition) is 1. The third kappa shape index (κ3) is 3.45. The van der Waals surface area contributed by atoms with Crippen molar-refractivity contribution in [3.8, 4) is 6.07 Å². The highest BCUT2D eigenvalue weighted by Gasteiger charge is 2.10. The summed E-state index contributed by atoms with van der Waals surface area (Å²) in [5, 5.41) is 10.7. The number of para-hydroxylation sites is 1. The predicted octanol–water partition coefficient (Wildman–Crippen LogP) is 6.20. The number of aryl methyl sites for hydroxylation is 1. The van der Waals surface area contributed by atoms with Crippen molar-refractivity contribution in [2.45, 2.75) is 13.5 Å². The number of halogens is 1. The van der Waals surface area contributed by atoms with Gasteiger partial charge in [-0.3, -0.25) is 0 Å². The van der Waals surface area contributed by atoms with Crippen molar-refractivity contribution >= 4 is 22.6 Å². The van der Waals surface area contributed by atoms with E-state index in [9.17, 15) is 9.65 Å². The molecule has 4 aromatic rings. The van der Waals surface area contributed by atoms with Crippen molar-refractivity contribution < 1.29 is 4.39 Å². The molecule has 4 rings (SSSR count). The lowest BCUT2D eigenvalue weighted by Gasteiger charge is -2.06. The van der Waals surface area contributed by atoms with E-state index in [2.05, 4.69) is 6.07 Å². The van der Waals surface area contributed by atoms with Gasteiger partial charge in [0.1, 0.15) is 5.82 Å². The maximum Gasteiger partial charge on any atom is 0.128 e. The van der Waals surface area contributed by atoms with Crippen LogP contribution in [0.5, 0.6) is 0 Å². The summed E-state index contributed by atoms with van der Waals surface area (Å²) in [5.41, 5.74) is 5.25. The molecule has 1 aromatic heterocycles. The molecule has 0 saturated heterocycles. The fraction of sp³-hybridized carbons (Fsp3) is 0.0800. The fourth-order valence-corrected chi connectivity index (χ4v) is 3.40. The summed E-state index contributed by atoms with van der Waals surface area (Å²) in [6, 6.07) is 25.1. The largest absolute Gasteiger partial charge is 0.342 e. The van der Waals surface area contributed by atoms with Crippen molar-refractivity contribution in [3.63, 3.8) is 0 Å². The van der Waals surface area contributed by atoms with Gasteiger partial charge in [0.25, 0.3) is 0 Å². The van der Waals surface area contributed by atoms with Crippen LogP contribution in [-0.2, 0) is 6.54 Å². The van der Waals surface area contributed by atoms with Crippen LogP contribution in [0.2, 0.25) is 0 Å². The molecule has 0 aliphatic rings. The van der Waals surface area contributed by atoms with Crippen LogP contribution in [0.1, 0.15) is 22.3 Å². The van der Waals surface area contributed by atoms with Gasteiger partial charge < -0.3 is 4.57 Å². The number of fused-ring (bicyclic) bond motifs is 1. The quantitative estimate of drug-likeness (QED) is 0.395. The van der Waals surface area contributed by atoms with Gasteiger partial charge in [-0.2, -0.15) is 5.26 Å². The zero-order valence-corrected chi connectivity index (χ0v) is 15.6. The summed E-state index contributed by atoms with van der Waals surface area (Å²) in [6.45, 7) is 2.46. The van der Waals surface area contributed by atoms with Crippen LogP contribution in [0.25, 0.3) is 22.6 Å². The van der Waals surface area contributed by atoms with E-state index in [4.69, 9.17) is 0 Å². The Morgan fingerprint density at radius 3 is 2.46 bits per heavy atom. The Morgan fingerprint density at radius 2 is 1.71 bits per heavy atom. The maximum absolute atomic E-state index is 14.1. The topological polar surface area (TPSA) is 28.7 Å². The molecule has 0 bridgehead atoms. The van der Waals surface area contributed by atoms with Crippen LogP contribution in [0.4, 0.5) is 4.39 Å². The first-order chi connectivity index (χ1) is 13.7. The molecule has 0 amide bonds. The first-order valence-electron chi connectivity index (χ1n) is 9.16. The van der Waals surface area contributed by atoms with E-state index in [1.807, 2.05) is 78.4 Å². The molecule has 3 aromatic carbocycles. The molecule has 0 N–H and O–H groups in total. The van der Waals surface area contributed by atoms with Gasteiger partial charge in [-0.05, 0) is 30.7 Å². The minimum Gasteiger partial charge on any atom is -0.342 e. The van der Waals surface area contributed by atoms with Crippen molar-refractivity contribution in [3.05, 3.63) is 107 Å². The Kier molecular flexibility index (Phi) is 4.78. The highest BCUT2D eigenvalue weighted by Crippen LogP contribution is 2.27. The van der Waals surface area contributed by atoms with Gasteiger partial charge in [0.15, 0.2) is 0 Å². The molecule has 136 valence electrons. The van der Waals surface area contributed by atoms with E-state index in [0.29, 0.717) is 17.7 Å². The van der Waals surface area contributed by atoms with Crippen LogP contribution < -0.4 is 0 Å². The van der Waals surface area contributed by atoms with E-state index in [1.165, 1.54) is 6.07 Å². The van der Waals surface area contributed by atoms with Crippen molar-refractivity contribution in [1.82, 2.24) is 4.57 Å². The molecule has 0 fully saturated rings. The smallest absolute Gasteiger partial charge is 0.128 e. The molecule has 0 saturated carbocycles. The lowest BCUT2D eigenvalue weighted by atomic mass is 10.0. The number of aromatic nitrogens is 1. The van der Waals surface area contributed by atoms with E-state index < -0.39 is 0 Å². The zero-order valence-electron chi connectivity index (χ0n) is 15.6. The Morgan fingerprint density at radius 1 is 1.00 bits per heavy atom. The monoisotopic (exact) mass is 366 g/mol. The normalized spacial score (nSPS) is 11.5. The van der Waals surface area contributed by atoms with Crippen LogP contribution in [0.15, 0.2) is 79.0 Å². The second kappa shape index (κ2) is 7.54. The minimum atomic E-state index is -0.213. The van der Waals surface area contributed by atoms with Crippen molar-refractivity contribution in [2.24, 2.45) is 0 Å². The predicted molar refractivity (Wildman–Crippen MR) is 112 cm³/mol. The van der Waals surface area contributed by atoms with Crippen LogP contribution >= 0.6 is 0 Å². The number of nitrogens with zero attached hydrogens (tertiary/aromatic N) is 2. The molecule has 0 atom stereocenters. The molecule has 0 radical (unpaired) electrons. The zero-order chi connectivity index (χ0) is 19.5. The lowest BCUT2D eigenvalue weighted by molar-refractivity contribution is 0.602. The number of rotatable bonds is 4. The Bertz CT molecular complexity index is 1210. The SMILES string of the molecule is Cc1ccc(/C(C#N)=C/c2cn(Cc3ccccc3F)c3ccccc23)cc1. The first-order valence-corrected chi connectivity index (χ1v) is 9.16.